The molecule has 0 aromatic carbocycles. The number of rotatable bonds is 121. The van der Waals surface area contributed by atoms with Gasteiger partial charge in [0.15, 0.2) is 5.78 Å². The third-order valence-electron chi connectivity index (χ3n) is 34.3. The Morgan fingerprint density at radius 2 is 0.274 bits per heavy atom. The zero-order valence-electron chi connectivity index (χ0n) is 96.2. The van der Waals surface area contributed by atoms with E-state index in [0.29, 0.717) is 18.8 Å². The lowest BCUT2D eigenvalue weighted by atomic mass is 9.35. The predicted octanol–water partition coefficient (Wildman–Crippen LogP) is 49.1. The molecule has 3 heteroatoms. The van der Waals surface area contributed by atoms with Crippen molar-refractivity contribution in [3.63, 3.8) is 0 Å². The zero-order chi connectivity index (χ0) is 97.9. The summed E-state index contributed by atoms with van der Waals surface area (Å²) in [6.45, 7) is 24.3. The van der Waals surface area contributed by atoms with Crippen LogP contribution in [0.5, 0.6) is 0 Å². The van der Waals surface area contributed by atoms with Crippen molar-refractivity contribution in [3.8, 4) is 0 Å². The third kappa shape index (κ3) is 76.4. The molecule has 135 heavy (non-hydrogen) atoms. The molecule has 0 amide bonds. The second-order valence-corrected chi connectivity index (χ2v) is 46.6. The standard InChI is InChI=1S/C132H262O3/c1-11-21-31-41-51-61-71-72-73-74-75-77-87-97-107-117-127(133)132(125-115-105-95-85-69-59-49-39-29-19-9,128(134)135-126-116-106-96-86-70-60-50-40-30-20-10)131(123-113-103-93-83-67-57-47-37-27-17-7,124-114-104-94-84-68-58-48-38-28-18-8)130(121-111-101-91-81-65-55-45-35-25-15-5,122-112-102-92-82-66-56-46-36-26-16-6)129(118-108-98-88-78-63-53-43-33-23-13-3,119-109-99-89-79-64-54-44-34-24-14-4)120-110-100-90-80-76-62-52-42-32-22-12-2/h11-126H2,1-10H3. The number of carbonyl (C=O) groups is 2. The summed E-state index contributed by atoms with van der Waals surface area (Å²) in [5.41, 5.74) is -1.89. The average molecular weight is 1900 g/mol. The Morgan fingerprint density at radius 3 is 0.452 bits per heavy atom. The molecule has 0 rings (SSSR count). The van der Waals surface area contributed by atoms with E-state index in [0.717, 1.165) is 57.8 Å². The fourth-order valence-corrected chi connectivity index (χ4v) is 25.5. The van der Waals surface area contributed by atoms with Crippen molar-refractivity contribution in [1.29, 1.82) is 0 Å². The minimum Gasteiger partial charge on any atom is -0.465 e. The molecule has 1 unspecified atom stereocenters. The maximum absolute atomic E-state index is 18.7. The summed E-state index contributed by atoms with van der Waals surface area (Å²) in [7, 11) is 0. The number of esters is 1. The van der Waals surface area contributed by atoms with Crippen molar-refractivity contribution >= 4 is 11.8 Å². The Hall–Kier alpha value is -0.860. The van der Waals surface area contributed by atoms with Crippen LogP contribution in [0.3, 0.4) is 0 Å². The van der Waals surface area contributed by atoms with E-state index in [-0.39, 0.29) is 16.8 Å². The van der Waals surface area contributed by atoms with Gasteiger partial charge < -0.3 is 4.74 Å². The number of hydrogen-bond acceptors (Lipinski definition) is 3. The average Bonchev–Trinajstić information content (AvgIpc) is 0.684. The van der Waals surface area contributed by atoms with E-state index < -0.39 is 10.8 Å². The lowest BCUT2D eigenvalue weighted by Crippen LogP contribution is -2.66. The number of Topliss-reactive ketones (excluding diaryl/α,β-unsaturated/α-hetero) is 1. The summed E-state index contributed by atoms with van der Waals surface area (Å²) in [6.07, 6.45) is 152. The summed E-state index contributed by atoms with van der Waals surface area (Å²) in [5.74, 6) is 0.480. The maximum atomic E-state index is 18.7. The summed E-state index contributed by atoms with van der Waals surface area (Å²) in [5, 5.41) is 0. The molecule has 0 aliphatic rings. The largest absolute Gasteiger partial charge is 0.465 e. The van der Waals surface area contributed by atoms with Gasteiger partial charge in [-0.15, -0.1) is 0 Å². The molecule has 0 fully saturated rings. The molecule has 0 spiro atoms. The van der Waals surface area contributed by atoms with Crippen LogP contribution in [0.4, 0.5) is 0 Å². The summed E-state index contributed by atoms with van der Waals surface area (Å²) in [6, 6.07) is 0. The van der Waals surface area contributed by atoms with Crippen molar-refractivity contribution in [3.05, 3.63) is 0 Å². The van der Waals surface area contributed by atoms with Crippen LogP contribution in [0.1, 0.15) is 808 Å². The fraction of sp³-hybridized carbons (Fsp3) is 0.985. The van der Waals surface area contributed by atoms with Crippen LogP contribution in [-0.2, 0) is 14.3 Å². The van der Waals surface area contributed by atoms with Gasteiger partial charge in [0, 0.05) is 6.42 Å². The topological polar surface area (TPSA) is 43.4 Å². The molecule has 0 aliphatic heterocycles. The molecule has 0 bridgehead atoms. The molecular formula is C132H262O3. The van der Waals surface area contributed by atoms with E-state index in [1.165, 1.54) is 674 Å². The zero-order valence-corrected chi connectivity index (χ0v) is 96.2. The molecule has 0 N–H and O–H groups in total. The molecule has 1 atom stereocenters. The molecule has 0 aromatic heterocycles. The van der Waals surface area contributed by atoms with E-state index in [2.05, 4.69) is 69.2 Å². The first-order chi connectivity index (χ1) is 66.7. The quantitative estimate of drug-likeness (QED) is 0.0346. The first kappa shape index (κ1) is 134. The van der Waals surface area contributed by atoms with E-state index >= 15 is 9.59 Å². The molecular weight excluding hydrogens is 1630 g/mol. The Balaban J connectivity index is 10.5. The Labute approximate surface area is 856 Å². The molecule has 0 saturated heterocycles. The highest BCUT2D eigenvalue weighted by molar-refractivity contribution is 6.05. The summed E-state index contributed by atoms with van der Waals surface area (Å²) < 4.78 is 7.74. The molecule has 0 aromatic rings. The van der Waals surface area contributed by atoms with Gasteiger partial charge in [-0.3, -0.25) is 9.59 Å². The van der Waals surface area contributed by atoms with Crippen molar-refractivity contribution < 1.29 is 14.3 Å². The van der Waals surface area contributed by atoms with Crippen molar-refractivity contribution in [2.75, 3.05) is 6.61 Å². The Bertz CT molecular complexity index is 2130. The van der Waals surface area contributed by atoms with Crippen molar-refractivity contribution in [2.24, 2.45) is 21.7 Å². The number of ketones is 1. The van der Waals surface area contributed by atoms with E-state index in [1.54, 1.807) is 0 Å². The lowest BCUT2D eigenvalue weighted by Gasteiger charge is -2.67. The van der Waals surface area contributed by atoms with Crippen LogP contribution in [0.2, 0.25) is 0 Å². The first-order valence-corrected chi connectivity index (χ1v) is 65.4. The molecule has 3 nitrogen and oxygen atoms in total. The van der Waals surface area contributed by atoms with Crippen molar-refractivity contribution in [1.82, 2.24) is 0 Å². The highest BCUT2D eigenvalue weighted by Crippen LogP contribution is 2.74. The van der Waals surface area contributed by atoms with Gasteiger partial charge in [-0.1, -0.05) is 737 Å². The lowest BCUT2D eigenvalue weighted by molar-refractivity contribution is -0.215. The molecule has 0 heterocycles. The minimum absolute atomic E-state index is 0.0108. The van der Waals surface area contributed by atoms with Gasteiger partial charge in [-0.05, 0) is 80.5 Å². The van der Waals surface area contributed by atoms with E-state index in [4.69, 9.17) is 4.74 Å². The van der Waals surface area contributed by atoms with Crippen molar-refractivity contribution in [2.45, 2.75) is 808 Å². The molecule has 0 radical (unpaired) electrons. The van der Waals surface area contributed by atoms with Gasteiger partial charge in [0.25, 0.3) is 0 Å². The molecule has 0 saturated carbocycles. The second kappa shape index (κ2) is 109. The van der Waals surface area contributed by atoms with Gasteiger partial charge >= 0.3 is 5.97 Å². The smallest absolute Gasteiger partial charge is 0.320 e. The SMILES string of the molecule is CCCCCCCCCCCCCCCCCC(=O)C(CCCCCCCCCCCC)(C(=O)OCCCCCCCCCCCC)C(CCCCCCCCCCCC)(CCCCCCCCCCCC)C(CCCCCCCCCCCC)(CCCCCCCCCCCC)C(CCCCCCCCCCCC)(CCCCCCCCCCCC)CCCCCCCCCCCCC. The van der Waals surface area contributed by atoms with Crippen LogP contribution in [0.15, 0.2) is 0 Å². The van der Waals surface area contributed by atoms with Gasteiger partial charge in [0.05, 0.1) is 6.61 Å². The highest BCUT2D eigenvalue weighted by Gasteiger charge is 2.71. The van der Waals surface area contributed by atoms with Crippen LogP contribution in [0.25, 0.3) is 0 Å². The molecule has 808 valence electrons. The Morgan fingerprint density at radius 1 is 0.141 bits per heavy atom. The van der Waals surface area contributed by atoms with Gasteiger partial charge in [-0.2, -0.15) is 0 Å². The first-order valence-electron chi connectivity index (χ1n) is 65.4. The van der Waals surface area contributed by atoms with Gasteiger partial charge in [-0.25, -0.2) is 0 Å². The number of ether oxygens (including phenoxy) is 1. The van der Waals surface area contributed by atoms with Crippen LogP contribution in [0, 0.1) is 21.7 Å². The highest BCUT2D eigenvalue weighted by atomic mass is 16.5. The van der Waals surface area contributed by atoms with Gasteiger partial charge in [0.1, 0.15) is 5.41 Å². The number of unbranched alkanes of at least 4 members (excludes halogenated alkanes) is 96. The van der Waals surface area contributed by atoms with E-state index in [1.807, 2.05) is 0 Å². The number of carbonyl (C=O) groups excluding carboxylic acids is 2. The van der Waals surface area contributed by atoms with Crippen LogP contribution in [-0.4, -0.2) is 18.4 Å². The fourth-order valence-electron chi connectivity index (χ4n) is 25.5. The summed E-state index contributed by atoms with van der Waals surface area (Å²) in [4.78, 5) is 37.3. The molecule has 0 aliphatic carbocycles. The van der Waals surface area contributed by atoms with Crippen LogP contribution >= 0.6 is 0 Å². The third-order valence-corrected chi connectivity index (χ3v) is 34.3. The second-order valence-electron chi connectivity index (χ2n) is 46.6. The number of hydrogen-bond donors (Lipinski definition) is 0. The minimum atomic E-state index is -1.19. The van der Waals surface area contributed by atoms with E-state index in [9.17, 15) is 0 Å². The predicted molar refractivity (Wildman–Crippen MR) is 613 cm³/mol. The maximum Gasteiger partial charge on any atom is 0.320 e. The Kier molecular flexibility index (Phi) is 108. The normalized spacial score (nSPS) is 12.7. The van der Waals surface area contributed by atoms with Crippen LogP contribution < -0.4 is 0 Å². The van der Waals surface area contributed by atoms with Gasteiger partial charge in [0.2, 0.25) is 0 Å². The summed E-state index contributed by atoms with van der Waals surface area (Å²) >= 11 is 0. The monoisotopic (exact) mass is 1900 g/mol.